The van der Waals surface area contributed by atoms with Crippen LogP contribution in [-0.4, -0.2) is 15.2 Å². The molecule has 2 nitrogen and oxygen atoms in total. The highest BCUT2D eigenvalue weighted by Crippen LogP contribution is 2.62. The van der Waals surface area contributed by atoms with E-state index in [9.17, 15) is 4.79 Å². The van der Waals surface area contributed by atoms with Gasteiger partial charge in [-0.05, 0) is 38.0 Å². The third-order valence-electron chi connectivity index (χ3n) is 3.78. The minimum Gasteiger partial charge on any atom is -0.480 e. The van der Waals surface area contributed by atoms with E-state index in [1.807, 2.05) is 0 Å². The highest BCUT2D eigenvalue weighted by Gasteiger charge is 2.58. The summed E-state index contributed by atoms with van der Waals surface area (Å²) in [4.78, 5) is 11.0. The van der Waals surface area contributed by atoms with Gasteiger partial charge in [0.2, 0.25) is 0 Å². The molecule has 0 aromatic carbocycles. The van der Waals surface area contributed by atoms with Gasteiger partial charge in [0.15, 0.2) is 4.08 Å². The molecule has 0 saturated heterocycles. The number of hydrogen-bond acceptors (Lipinski definition) is 3. The molecule has 2 bridgehead atoms. The quantitative estimate of drug-likeness (QED) is 0.491. The lowest BCUT2D eigenvalue weighted by atomic mass is 9.80. The summed E-state index contributed by atoms with van der Waals surface area (Å²) in [6.07, 6.45) is 5.30. The first kappa shape index (κ1) is 9.71. The topological polar surface area (TPSA) is 37.3 Å². The van der Waals surface area contributed by atoms with Crippen LogP contribution in [0.4, 0.5) is 0 Å². The van der Waals surface area contributed by atoms with Crippen molar-refractivity contribution in [1.29, 1.82) is 0 Å². The lowest BCUT2D eigenvalue weighted by Gasteiger charge is -2.37. The van der Waals surface area contributed by atoms with E-state index >= 15 is 0 Å². The highest BCUT2D eigenvalue weighted by molar-refractivity contribution is 8.02. The van der Waals surface area contributed by atoms with Crippen molar-refractivity contribution in [2.45, 2.75) is 36.2 Å². The van der Waals surface area contributed by atoms with Gasteiger partial charge in [0.1, 0.15) is 0 Å². The van der Waals surface area contributed by atoms with Gasteiger partial charge in [0.25, 0.3) is 0 Å². The molecule has 2 rings (SSSR count). The second-order valence-electron chi connectivity index (χ2n) is 4.41. The molecule has 0 heterocycles. The fourth-order valence-corrected chi connectivity index (χ4v) is 3.54. The minimum atomic E-state index is -1.13. The summed E-state index contributed by atoms with van der Waals surface area (Å²) in [7, 11) is 0. The van der Waals surface area contributed by atoms with E-state index in [0.29, 0.717) is 0 Å². The van der Waals surface area contributed by atoms with Gasteiger partial charge in [-0.1, -0.05) is 0 Å². The van der Waals surface area contributed by atoms with Crippen molar-refractivity contribution < 1.29 is 9.90 Å². The predicted molar refractivity (Wildman–Crippen MR) is 57.3 cm³/mol. The summed E-state index contributed by atoms with van der Waals surface area (Å²) in [5, 5.41) is 9.06. The lowest BCUT2D eigenvalue weighted by Crippen LogP contribution is -2.43. The zero-order chi connectivity index (χ0) is 9.69. The van der Waals surface area contributed by atoms with E-state index in [1.165, 1.54) is 0 Å². The number of rotatable bonds is 2. The molecular formula is C9H14O2S2. The van der Waals surface area contributed by atoms with Gasteiger partial charge in [-0.15, -0.1) is 25.3 Å². The third kappa shape index (κ3) is 1.22. The second-order valence-corrected chi connectivity index (χ2v) is 6.10. The molecule has 1 N–H and O–H groups in total. The Morgan fingerprint density at radius 3 is 2.23 bits per heavy atom. The summed E-state index contributed by atoms with van der Waals surface area (Å²) in [5.74, 6) is -0.153. The van der Waals surface area contributed by atoms with Crippen LogP contribution in [0.2, 0.25) is 0 Å². The number of carboxylic acids is 1. The molecule has 2 aliphatic rings. The fraction of sp³-hybridized carbons (Fsp3) is 0.889. The number of carbonyl (C=O) groups is 1. The largest absolute Gasteiger partial charge is 0.480 e. The van der Waals surface area contributed by atoms with Gasteiger partial charge in [0.05, 0.1) is 0 Å². The molecule has 2 aliphatic carbocycles. The van der Waals surface area contributed by atoms with E-state index in [1.54, 1.807) is 0 Å². The molecular weight excluding hydrogens is 204 g/mol. The Balaban J connectivity index is 2.28. The predicted octanol–water partition coefficient (Wildman–Crippen LogP) is 2.21. The standard InChI is InChI=1S/C9H14O2S2/c10-7(11)9(12,13)8-3-1-6(5-8)2-4-8/h6,12-13H,1-5H2,(H,10,11). The van der Waals surface area contributed by atoms with Gasteiger partial charge in [0, 0.05) is 5.41 Å². The maximum Gasteiger partial charge on any atom is 0.330 e. The van der Waals surface area contributed by atoms with Crippen LogP contribution >= 0.6 is 25.3 Å². The van der Waals surface area contributed by atoms with Crippen molar-refractivity contribution in [2.75, 3.05) is 0 Å². The molecule has 2 fully saturated rings. The molecule has 0 spiro atoms. The molecule has 0 atom stereocenters. The molecule has 0 aromatic heterocycles. The molecule has 0 amide bonds. The number of carboxylic acid groups (broad SMARTS) is 1. The van der Waals surface area contributed by atoms with Crippen LogP contribution in [-0.2, 0) is 4.79 Å². The highest BCUT2D eigenvalue weighted by atomic mass is 32.2. The average molecular weight is 218 g/mol. The van der Waals surface area contributed by atoms with Gasteiger partial charge in [-0.2, -0.15) is 0 Å². The third-order valence-corrected chi connectivity index (χ3v) is 5.11. The van der Waals surface area contributed by atoms with E-state index in [0.717, 1.165) is 38.0 Å². The molecule has 2 saturated carbocycles. The number of thiol groups is 2. The Morgan fingerprint density at radius 2 is 1.92 bits per heavy atom. The SMILES string of the molecule is O=C(O)C(S)(S)C12CCC(CC1)C2. The zero-order valence-corrected chi connectivity index (χ0v) is 9.15. The van der Waals surface area contributed by atoms with Crippen LogP contribution in [0.1, 0.15) is 32.1 Å². The first-order valence-corrected chi connectivity index (χ1v) is 5.55. The summed E-state index contributed by atoms with van der Waals surface area (Å²) in [5.41, 5.74) is -0.143. The molecule has 0 aliphatic heterocycles. The maximum absolute atomic E-state index is 11.0. The normalized spacial score (nSPS) is 38.2. The van der Waals surface area contributed by atoms with E-state index < -0.39 is 10.0 Å². The van der Waals surface area contributed by atoms with Crippen molar-refractivity contribution in [3.05, 3.63) is 0 Å². The summed E-state index contributed by atoms with van der Waals surface area (Å²) in [6.45, 7) is 0. The van der Waals surface area contributed by atoms with Crippen molar-refractivity contribution in [1.82, 2.24) is 0 Å². The van der Waals surface area contributed by atoms with E-state index in [4.69, 9.17) is 5.11 Å². The molecule has 4 heteroatoms. The van der Waals surface area contributed by atoms with Crippen LogP contribution < -0.4 is 0 Å². The van der Waals surface area contributed by atoms with Crippen molar-refractivity contribution in [3.8, 4) is 0 Å². The van der Waals surface area contributed by atoms with Gasteiger partial charge >= 0.3 is 5.97 Å². The second kappa shape index (κ2) is 2.83. The van der Waals surface area contributed by atoms with Crippen molar-refractivity contribution >= 4 is 31.2 Å². The average Bonchev–Trinajstić information content (AvgIpc) is 2.63. The number of fused-ring (bicyclic) bond motifs is 2. The summed E-state index contributed by atoms with van der Waals surface area (Å²) in [6, 6.07) is 0. The minimum absolute atomic E-state index is 0.143. The number of hydrogen-bond donors (Lipinski definition) is 3. The van der Waals surface area contributed by atoms with Crippen molar-refractivity contribution in [2.24, 2.45) is 11.3 Å². The van der Waals surface area contributed by atoms with E-state index in [2.05, 4.69) is 25.3 Å². The van der Waals surface area contributed by atoms with Gasteiger partial charge in [-0.3, -0.25) is 0 Å². The first-order chi connectivity index (χ1) is 5.98. The van der Waals surface area contributed by atoms with E-state index in [-0.39, 0.29) is 5.41 Å². The zero-order valence-electron chi connectivity index (χ0n) is 7.36. The Hall–Kier alpha value is 0.170. The summed E-state index contributed by atoms with van der Waals surface area (Å²) >= 11 is 8.47. The Morgan fingerprint density at radius 1 is 1.38 bits per heavy atom. The van der Waals surface area contributed by atoms with Crippen LogP contribution in [0.15, 0.2) is 0 Å². The van der Waals surface area contributed by atoms with Crippen LogP contribution in [0.3, 0.4) is 0 Å². The lowest BCUT2D eigenvalue weighted by molar-refractivity contribution is -0.140. The molecule has 0 radical (unpaired) electrons. The molecule has 13 heavy (non-hydrogen) atoms. The van der Waals surface area contributed by atoms with Crippen LogP contribution in [0, 0.1) is 11.3 Å². The maximum atomic E-state index is 11.0. The molecule has 74 valence electrons. The fourth-order valence-electron chi connectivity index (χ4n) is 2.91. The monoisotopic (exact) mass is 218 g/mol. The Kier molecular flexibility index (Phi) is 2.11. The molecule has 0 unspecified atom stereocenters. The summed E-state index contributed by atoms with van der Waals surface area (Å²) < 4.78 is -1.13. The first-order valence-electron chi connectivity index (χ1n) is 4.66. The van der Waals surface area contributed by atoms with Crippen LogP contribution in [0.5, 0.6) is 0 Å². The van der Waals surface area contributed by atoms with Crippen molar-refractivity contribution in [3.63, 3.8) is 0 Å². The van der Waals surface area contributed by atoms with Gasteiger partial charge < -0.3 is 5.11 Å². The Bertz CT molecular complexity index is 242. The van der Waals surface area contributed by atoms with Gasteiger partial charge in [-0.25, -0.2) is 4.79 Å². The number of aliphatic carboxylic acids is 1. The van der Waals surface area contributed by atoms with Crippen LogP contribution in [0.25, 0.3) is 0 Å². The molecule has 0 aromatic rings. The smallest absolute Gasteiger partial charge is 0.330 e. The Labute approximate surface area is 88.9 Å².